The number of nitrogens with zero attached hydrogens (tertiary/aromatic N) is 1. The lowest BCUT2D eigenvalue weighted by Crippen LogP contribution is -2.55. The highest BCUT2D eigenvalue weighted by Crippen LogP contribution is 2.20. The van der Waals surface area contributed by atoms with Crippen LogP contribution < -0.4 is 5.73 Å². The van der Waals surface area contributed by atoms with Gasteiger partial charge in [-0.05, 0) is 13.3 Å². The second kappa shape index (κ2) is 4.94. The van der Waals surface area contributed by atoms with E-state index in [0.717, 1.165) is 32.8 Å². The van der Waals surface area contributed by atoms with Gasteiger partial charge < -0.3 is 10.5 Å². The minimum Gasteiger partial charge on any atom is -0.379 e. The van der Waals surface area contributed by atoms with E-state index >= 15 is 0 Å². The molecule has 1 saturated heterocycles. The zero-order chi connectivity index (χ0) is 9.73. The maximum Gasteiger partial charge on any atom is 0.0594 e. The molecule has 0 spiro atoms. The standard InChI is InChI=1S/C10H22N2O/c1-3-4-10(2,9-11)12-5-7-13-8-6-12/h3-9,11H2,1-2H3. The van der Waals surface area contributed by atoms with E-state index in [1.165, 1.54) is 12.8 Å². The average Bonchev–Trinajstić information content (AvgIpc) is 2.19. The summed E-state index contributed by atoms with van der Waals surface area (Å²) in [4.78, 5) is 2.47. The Kier molecular flexibility index (Phi) is 4.16. The number of rotatable bonds is 4. The zero-order valence-electron chi connectivity index (χ0n) is 8.88. The van der Waals surface area contributed by atoms with Crippen LogP contribution in [-0.2, 0) is 4.74 Å². The van der Waals surface area contributed by atoms with Gasteiger partial charge in [0.05, 0.1) is 13.2 Å². The van der Waals surface area contributed by atoms with Crippen molar-refractivity contribution in [2.24, 2.45) is 5.73 Å². The fraction of sp³-hybridized carbons (Fsp3) is 1.00. The summed E-state index contributed by atoms with van der Waals surface area (Å²) in [7, 11) is 0. The van der Waals surface area contributed by atoms with Crippen molar-refractivity contribution >= 4 is 0 Å². The zero-order valence-corrected chi connectivity index (χ0v) is 8.88. The number of morpholine rings is 1. The minimum atomic E-state index is 0.193. The molecule has 2 N–H and O–H groups in total. The predicted molar refractivity (Wildman–Crippen MR) is 54.8 cm³/mol. The maximum absolute atomic E-state index is 5.84. The number of hydrogen-bond donors (Lipinski definition) is 1. The minimum absolute atomic E-state index is 0.193. The summed E-state index contributed by atoms with van der Waals surface area (Å²) >= 11 is 0. The van der Waals surface area contributed by atoms with Gasteiger partial charge in [0, 0.05) is 25.2 Å². The summed E-state index contributed by atoms with van der Waals surface area (Å²) in [6, 6.07) is 0. The highest BCUT2D eigenvalue weighted by Gasteiger charge is 2.30. The second-order valence-electron chi connectivity index (χ2n) is 4.05. The van der Waals surface area contributed by atoms with Crippen LogP contribution in [0, 0.1) is 0 Å². The molecule has 1 aliphatic rings. The third-order valence-corrected chi connectivity index (χ3v) is 3.00. The van der Waals surface area contributed by atoms with Gasteiger partial charge in [0.15, 0.2) is 0 Å². The Balaban J connectivity index is 2.51. The van der Waals surface area contributed by atoms with Crippen molar-refractivity contribution in [3.63, 3.8) is 0 Å². The SMILES string of the molecule is CCCC(C)(CN)N1CCOCC1. The molecule has 3 nitrogen and oxygen atoms in total. The Labute approximate surface area is 81.2 Å². The summed E-state index contributed by atoms with van der Waals surface area (Å²) in [5.41, 5.74) is 6.03. The number of ether oxygens (including phenoxy) is 1. The Morgan fingerprint density at radius 2 is 2.00 bits per heavy atom. The van der Waals surface area contributed by atoms with Crippen molar-refractivity contribution < 1.29 is 4.74 Å². The third-order valence-electron chi connectivity index (χ3n) is 3.00. The van der Waals surface area contributed by atoms with E-state index in [2.05, 4.69) is 18.7 Å². The molecule has 0 amide bonds. The molecule has 1 aliphatic heterocycles. The van der Waals surface area contributed by atoms with E-state index in [1.807, 2.05) is 0 Å². The first-order valence-corrected chi connectivity index (χ1v) is 5.26. The summed E-state index contributed by atoms with van der Waals surface area (Å²) in [5.74, 6) is 0. The second-order valence-corrected chi connectivity index (χ2v) is 4.05. The Morgan fingerprint density at radius 3 is 2.46 bits per heavy atom. The number of hydrogen-bond acceptors (Lipinski definition) is 3. The highest BCUT2D eigenvalue weighted by molar-refractivity contribution is 4.87. The van der Waals surface area contributed by atoms with E-state index in [4.69, 9.17) is 10.5 Å². The molecule has 78 valence electrons. The van der Waals surface area contributed by atoms with Gasteiger partial charge in [-0.15, -0.1) is 0 Å². The molecule has 0 aliphatic carbocycles. The van der Waals surface area contributed by atoms with Crippen LogP contribution in [0.15, 0.2) is 0 Å². The van der Waals surface area contributed by atoms with Gasteiger partial charge in [-0.2, -0.15) is 0 Å². The summed E-state index contributed by atoms with van der Waals surface area (Å²) < 4.78 is 5.34. The molecule has 0 radical (unpaired) electrons. The van der Waals surface area contributed by atoms with Gasteiger partial charge in [-0.1, -0.05) is 13.3 Å². The molecule has 1 atom stereocenters. The predicted octanol–water partition coefficient (Wildman–Crippen LogP) is 0.836. The normalized spacial score (nSPS) is 24.2. The number of nitrogens with two attached hydrogens (primary N) is 1. The van der Waals surface area contributed by atoms with Crippen LogP contribution in [0.1, 0.15) is 26.7 Å². The van der Waals surface area contributed by atoms with Crippen molar-refractivity contribution in [1.82, 2.24) is 4.90 Å². The van der Waals surface area contributed by atoms with Crippen LogP contribution in [0.25, 0.3) is 0 Å². The van der Waals surface area contributed by atoms with Crippen LogP contribution in [0.5, 0.6) is 0 Å². The Bertz CT molecular complexity index is 146. The van der Waals surface area contributed by atoms with Crippen LogP contribution in [-0.4, -0.2) is 43.3 Å². The summed E-state index contributed by atoms with van der Waals surface area (Å²) in [6.45, 7) is 9.02. The molecule has 13 heavy (non-hydrogen) atoms. The lowest BCUT2D eigenvalue weighted by Gasteiger charge is -2.42. The van der Waals surface area contributed by atoms with E-state index in [1.54, 1.807) is 0 Å². The molecule has 0 aromatic heterocycles. The van der Waals surface area contributed by atoms with Gasteiger partial charge in [-0.25, -0.2) is 0 Å². The molecule has 1 unspecified atom stereocenters. The van der Waals surface area contributed by atoms with Gasteiger partial charge in [0.2, 0.25) is 0 Å². The van der Waals surface area contributed by atoms with Crippen LogP contribution in [0.2, 0.25) is 0 Å². The van der Waals surface area contributed by atoms with Crippen molar-refractivity contribution in [1.29, 1.82) is 0 Å². The van der Waals surface area contributed by atoms with Crippen molar-refractivity contribution in [2.45, 2.75) is 32.2 Å². The molecule has 1 rings (SSSR count). The monoisotopic (exact) mass is 186 g/mol. The van der Waals surface area contributed by atoms with E-state index in [9.17, 15) is 0 Å². The smallest absolute Gasteiger partial charge is 0.0594 e. The molecule has 0 aromatic rings. The van der Waals surface area contributed by atoms with Crippen molar-refractivity contribution in [3.8, 4) is 0 Å². The molecular formula is C10H22N2O. The van der Waals surface area contributed by atoms with Crippen LogP contribution in [0.4, 0.5) is 0 Å². The van der Waals surface area contributed by atoms with Crippen molar-refractivity contribution in [3.05, 3.63) is 0 Å². The average molecular weight is 186 g/mol. The fourth-order valence-electron chi connectivity index (χ4n) is 2.03. The molecule has 1 fully saturated rings. The Morgan fingerprint density at radius 1 is 1.38 bits per heavy atom. The first-order valence-electron chi connectivity index (χ1n) is 5.26. The lowest BCUT2D eigenvalue weighted by molar-refractivity contribution is -0.0164. The topological polar surface area (TPSA) is 38.5 Å². The molecular weight excluding hydrogens is 164 g/mol. The van der Waals surface area contributed by atoms with E-state index in [-0.39, 0.29) is 5.54 Å². The molecule has 0 saturated carbocycles. The maximum atomic E-state index is 5.84. The van der Waals surface area contributed by atoms with Crippen LogP contribution in [0.3, 0.4) is 0 Å². The van der Waals surface area contributed by atoms with E-state index in [0.29, 0.717) is 0 Å². The van der Waals surface area contributed by atoms with Gasteiger partial charge in [0.25, 0.3) is 0 Å². The quantitative estimate of drug-likeness (QED) is 0.707. The first kappa shape index (κ1) is 11.0. The van der Waals surface area contributed by atoms with Gasteiger partial charge >= 0.3 is 0 Å². The largest absolute Gasteiger partial charge is 0.379 e. The molecule has 0 bridgehead atoms. The molecule has 0 aromatic carbocycles. The molecule has 3 heteroatoms. The molecule has 1 heterocycles. The van der Waals surface area contributed by atoms with Crippen molar-refractivity contribution in [2.75, 3.05) is 32.8 Å². The highest BCUT2D eigenvalue weighted by atomic mass is 16.5. The lowest BCUT2D eigenvalue weighted by atomic mass is 9.93. The van der Waals surface area contributed by atoms with Gasteiger partial charge in [-0.3, -0.25) is 4.90 Å². The third kappa shape index (κ3) is 2.66. The fourth-order valence-corrected chi connectivity index (χ4v) is 2.03. The van der Waals surface area contributed by atoms with Gasteiger partial charge in [0.1, 0.15) is 0 Å². The summed E-state index contributed by atoms with van der Waals surface area (Å²) in [5, 5.41) is 0. The van der Waals surface area contributed by atoms with E-state index < -0.39 is 0 Å². The Hall–Kier alpha value is -0.120. The summed E-state index contributed by atoms with van der Waals surface area (Å²) in [6.07, 6.45) is 2.38. The van der Waals surface area contributed by atoms with Crippen LogP contribution >= 0.6 is 0 Å². The first-order chi connectivity index (χ1) is 6.23.